The number of nitrogen functional groups attached to an aromatic ring is 1. The standard InChI is InChI=1S/C15H15BrN2OS/c16-14-12(7-4-8-13(14)17)15(19)18-9-10-20-11-5-2-1-3-6-11/h1-8H,9-10,17H2,(H,18,19). The van der Waals surface area contributed by atoms with Gasteiger partial charge in [0.25, 0.3) is 5.91 Å². The third-order valence-corrected chi connectivity index (χ3v) is 4.57. The summed E-state index contributed by atoms with van der Waals surface area (Å²) in [6.07, 6.45) is 0. The summed E-state index contributed by atoms with van der Waals surface area (Å²) in [5, 5.41) is 2.89. The molecule has 0 radical (unpaired) electrons. The van der Waals surface area contributed by atoms with E-state index in [0.717, 1.165) is 5.75 Å². The van der Waals surface area contributed by atoms with Crippen LogP contribution in [0.1, 0.15) is 10.4 Å². The second kappa shape index (κ2) is 7.36. The van der Waals surface area contributed by atoms with Crippen molar-refractivity contribution < 1.29 is 4.79 Å². The maximum Gasteiger partial charge on any atom is 0.252 e. The van der Waals surface area contributed by atoms with Crippen LogP contribution in [0, 0.1) is 0 Å². The maximum absolute atomic E-state index is 12.0. The number of amides is 1. The van der Waals surface area contributed by atoms with E-state index in [1.54, 1.807) is 30.0 Å². The quantitative estimate of drug-likeness (QED) is 0.492. The Morgan fingerprint density at radius 2 is 1.90 bits per heavy atom. The van der Waals surface area contributed by atoms with E-state index >= 15 is 0 Å². The highest BCUT2D eigenvalue weighted by molar-refractivity contribution is 9.10. The van der Waals surface area contributed by atoms with Crippen molar-refractivity contribution in [3.8, 4) is 0 Å². The van der Waals surface area contributed by atoms with Gasteiger partial charge in [0.15, 0.2) is 0 Å². The van der Waals surface area contributed by atoms with Crippen LogP contribution >= 0.6 is 27.7 Å². The van der Waals surface area contributed by atoms with Crippen LogP contribution in [0.15, 0.2) is 57.9 Å². The van der Waals surface area contributed by atoms with Crippen LogP contribution in [-0.4, -0.2) is 18.2 Å². The molecule has 0 aliphatic rings. The highest BCUT2D eigenvalue weighted by atomic mass is 79.9. The number of rotatable bonds is 5. The van der Waals surface area contributed by atoms with Gasteiger partial charge < -0.3 is 11.1 Å². The minimum atomic E-state index is -0.113. The molecule has 0 aliphatic heterocycles. The van der Waals surface area contributed by atoms with E-state index in [9.17, 15) is 4.79 Å². The number of nitrogens with one attached hydrogen (secondary N) is 1. The summed E-state index contributed by atoms with van der Waals surface area (Å²) in [6.45, 7) is 0.611. The number of anilines is 1. The van der Waals surface area contributed by atoms with Crippen LogP contribution < -0.4 is 11.1 Å². The topological polar surface area (TPSA) is 55.1 Å². The van der Waals surface area contributed by atoms with Gasteiger partial charge in [-0.05, 0) is 40.2 Å². The second-order valence-corrected chi connectivity index (χ2v) is 6.09. The van der Waals surface area contributed by atoms with Gasteiger partial charge in [0, 0.05) is 22.9 Å². The zero-order valence-electron chi connectivity index (χ0n) is 10.8. The largest absolute Gasteiger partial charge is 0.398 e. The van der Waals surface area contributed by atoms with Gasteiger partial charge in [-0.1, -0.05) is 24.3 Å². The summed E-state index contributed by atoms with van der Waals surface area (Å²) in [6, 6.07) is 15.4. The van der Waals surface area contributed by atoms with Crippen LogP contribution in [0.4, 0.5) is 5.69 Å². The Balaban J connectivity index is 1.82. The highest BCUT2D eigenvalue weighted by Crippen LogP contribution is 2.23. The zero-order valence-corrected chi connectivity index (χ0v) is 13.2. The van der Waals surface area contributed by atoms with Crippen molar-refractivity contribution in [3.05, 3.63) is 58.6 Å². The van der Waals surface area contributed by atoms with Crippen molar-refractivity contribution in [1.82, 2.24) is 5.32 Å². The second-order valence-electron chi connectivity index (χ2n) is 4.13. The predicted octanol–water partition coefficient (Wildman–Crippen LogP) is 3.55. The van der Waals surface area contributed by atoms with Gasteiger partial charge in [0.05, 0.1) is 10.0 Å². The Labute approximate surface area is 131 Å². The zero-order chi connectivity index (χ0) is 14.4. The lowest BCUT2D eigenvalue weighted by atomic mass is 10.2. The number of hydrogen-bond donors (Lipinski definition) is 2. The number of halogens is 1. The molecule has 5 heteroatoms. The molecule has 0 fully saturated rings. The van der Waals surface area contributed by atoms with Gasteiger partial charge in [-0.25, -0.2) is 0 Å². The molecule has 0 unspecified atom stereocenters. The molecular weight excluding hydrogens is 336 g/mol. The third-order valence-electron chi connectivity index (χ3n) is 2.67. The van der Waals surface area contributed by atoms with Crippen molar-refractivity contribution in [2.45, 2.75) is 4.90 Å². The van der Waals surface area contributed by atoms with E-state index < -0.39 is 0 Å². The van der Waals surface area contributed by atoms with Crippen LogP contribution in [0.2, 0.25) is 0 Å². The van der Waals surface area contributed by atoms with Crippen LogP contribution in [0.25, 0.3) is 0 Å². The van der Waals surface area contributed by atoms with Crippen molar-refractivity contribution in [2.75, 3.05) is 18.0 Å². The third kappa shape index (κ3) is 4.02. The van der Waals surface area contributed by atoms with Crippen molar-refractivity contribution >= 4 is 39.3 Å². The number of nitrogens with two attached hydrogens (primary N) is 1. The summed E-state index contributed by atoms with van der Waals surface area (Å²) in [5.41, 5.74) is 6.89. The van der Waals surface area contributed by atoms with Gasteiger partial charge in [-0.15, -0.1) is 11.8 Å². The Bertz CT molecular complexity index is 590. The van der Waals surface area contributed by atoms with Crippen LogP contribution in [0.5, 0.6) is 0 Å². The number of benzene rings is 2. The fourth-order valence-corrected chi connectivity index (χ4v) is 2.90. The van der Waals surface area contributed by atoms with E-state index in [0.29, 0.717) is 22.3 Å². The fraction of sp³-hybridized carbons (Fsp3) is 0.133. The number of carbonyl (C=O) groups is 1. The first kappa shape index (κ1) is 14.9. The summed E-state index contributed by atoms with van der Waals surface area (Å²) in [5.74, 6) is 0.716. The van der Waals surface area contributed by atoms with Crippen LogP contribution in [0.3, 0.4) is 0 Å². The lowest BCUT2D eigenvalue weighted by Gasteiger charge is -2.08. The minimum absolute atomic E-state index is 0.113. The molecule has 20 heavy (non-hydrogen) atoms. The van der Waals surface area contributed by atoms with E-state index in [4.69, 9.17) is 5.73 Å². The van der Waals surface area contributed by atoms with Gasteiger partial charge in [-0.3, -0.25) is 4.79 Å². The highest BCUT2D eigenvalue weighted by Gasteiger charge is 2.10. The molecule has 0 aromatic heterocycles. The SMILES string of the molecule is Nc1cccc(C(=O)NCCSc2ccccc2)c1Br. The molecule has 2 aromatic rings. The monoisotopic (exact) mass is 350 g/mol. The van der Waals surface area contributed by atoms with E-state index in [2.05, 4.69) is 33.4 Å². The number of thioether (sulfide) groups is 1. The van der Waals surface area contributed by atoms with Gasteiger partial charge >= 0.3 is 0 Å². The Hall–Kier alpha value is -1.46. The smallest absolute Gasteiger partial charge is 0.252 e. The van der Waals surface area contributed by atoms with Gasteiger partial charge in [0.1, 0.15) is 0 Å². The van der Waals surface area contributed by atoms with Crippen molar-refractivity contribution in [1.29, 1.82) is 0 Å². The predicted molar refractivity (Wildman–Crippen MR) is 88.1 cm³/mol. The molecule has 1 amide bonds. The number of carbonyl (C=O) groups excluding carboxylic acids is 1. The molecule has 0 atom stereocenters. The lowest BCUT2D eigenvalue weighted by molar-refractivity contribution is 0.0955. The summed E-state index contributed by atoms with van der Waals surface area (Å²) >= 11 is 5.05. The molecule has 0 aliphatic carbocycles. The Morgan fingerprint density at radius 3 is 2.65 bits per heavy atom. The summed E-state index contributed by atoms with van der Waals surface area (Å²) in [4.78, 5) is 13.2. The molecule has 3 N–H and O–H groups in total. The molecule has 2 aromatic carbocycles. The molecule has 0 bridgehead atoms. The molecule has 0 saturated carbocycles. The summed E-state index contributed by atoms with van der Waals surface area (Å²) < 4.78 is 0.646. The van der Waals surface area contributed by atoms with Gasteiger partial charge in [0.2, 0.25) is 0 Å². The molecular formula is C15H15BrN2OS. The number of hydrogen-bond acceptors (Lipinski definition) is 3. The maximum atomic E-state index is 12.0. The molecule has 0 spiro atoms. The Kier molecular flexibility index (Phi) is 5.49. The van der Waals surface area contributed by atoms with Crippen molar-refractivity contribution in [2.24, 2.45) is 0 Å². The first-order valence-electron chi connectivity index (χ1n) is 6.18. The van der Waals surface area contributed by atoms with E-state index in [1.165, 1.54) is 4.90 Å². The molecule has 0 heterocycles. The fourth-order valence-electron chi connectivity index (χ4n) is 1.67. The first-order valence-corrected chi connectivity index (χ1v) is 7.96. The van der Waals surface area contributed by atoms with Crippen molar-refractivity contribution in [3.63, 3.8) is 0 Å². The summed E-state index contributed by atoms with van der Waals surface area (Å²) in [7, 11) is 0. The lowest BCUT2D eigenvalue weighted by Crippen LogP contribution is -2.26. The molecule has 3 nitrogen and oxygen atoms in total. The van der Waals surface area contributed by atoms with Gasteiger partial charge in [-0.2, -0.15) is 0 Å². The Morgan fingerprint density at radius 1 is 1.15 bits per heavy atom. The van der Waals surface area contributed by atoms with E-state index in [1.807, 2.05) is 18.2 Å². The normalized spacial score (nSPS) is 10.2. The van der Waals surface area contributed by atoms with Crippen LogP contribution in [-0.2, 0) is 0 Å². The molecule has 2 rings (SSSR count). The molecule has 104 valence electrons. The van der Waals surface area contributed by atoms with E-state index in [-0.39, 0.29) is 5.91 Å². The average Bonchev–Trinajstić information content (AvgIpc) is 2.47. The minimum Gasteiger partial charge on any atom is -0.398 e. The average molecular weight is 351 g/mol. The first-order chi connectivity index (χ1) is 9.68. The molecule has 0 saturated heterocycles.